The zero-order valence-corrected chi connectivity index (χ0v) is 14.5. The average molecular weight is 325 g/mol. The van der Waals surface area contributed by atoms with Gasteiger partial charge in [0, 0.05) is 23.4 Å². The zero-order chi connectivity index (χ0) is 16.8. The lowest BCUT2D eigenvalue weighted by Gasteiger charge is -2.19. The monoisotopic (exact) mass is 324 g/mol. The minimum absolute atomic E-state index is 0.0388. The fourth-order valence-electron chi connectivity index (χ4n) is 1.94. The first-order chi connectivity index (χ1) is 10.2. The molecule has 1 atom stereocenters. The van der Waals surface area contributed by atoms with E-state index < -0.39 is 5.41 Å². The van der Waals surface area contributed by atoms with Gasteiger partial charge < -0.3 is 10.6 Å². The van der Waals surface area contributed by atoms with Crippen LogP contribution in [-0.2, 0) is 9.59 Å². The highest BCUT2D eigenvalue weighted by molar-refractivity contribution is 6.30. The molecule has 5 heteroatoms. The van der Waals surface area contributed by atoms with Crippen LogP contribution in [0.15, 0.2) is 24.3 Å². The molecule has 0 aliphatic carbocycles. The maximum atomic E-state index is 12.0. The molecule has 0 aliphatic heterocycles. The van der Waals surface area contributed by atoms with Gasteiger partial charge in [0.15, 0.2) is 0 Å². The number of benzene rings is 1. The molecule has 0 aromatic heterocycles. The van der Waals surface area contributed by atoms with Crippen molar-refractivity contribution >= 4 is 23.4 Å². The minimum Gasteiger partial charge on any atom is -0.355 e. The molecular formula is C17H25ClN2O2. The van der Waals surface area contributed by atoms with Crippen molar-refractivity contribution in [2.75, 3.05) is 6.54 Å². The van der Waals surface area contributed by atoms with Gasteiger partial charge in [0.2, 0.25) is 11.8 Å². The predicted octanol–water partition coefficient (Wildman–Crippen LogP) is 3.46. The summed E-state index contributed by atoms with van der Waals surface area (Å²) >= 11 is 5.87. The van der Waals surface area contributed by atoms with E-state index in [-0.39, 0.29) is 24.3 Å². The third kappa shape index (κ3) is 6.06. The number of halogens is 1. The fraction of sp³-hybridized carbons (Fsp3) is 0.529. The van der Waals surface area contributed by atoms with E-state index in [2.05, 4.69) is 10.6 Å². The summed E-state index contributed by atoms with van der Waals surface area (Å²) in [5.41, 5.74) is 0.588. The quantitative estimate of drug-likeness (QED) is 0.842. The molecule has 2 N–H and O–H groups in total. The highest BCUT2D eigenvalue weighted by Gasteiger charge is 2.21. The Morgan fingerprint density at radius 3 is 2.27 bits per heavy atom. The molecule has 1 aromatic rings. The Morgan fingerprint density at radius 2 is 1.77 bits per heavy atom. The van der Waals surface area contributed by atoms with Crippen LogP contribution in [0.5, 0.6) is 0 Å². The van der Waals surface area contributed by atoms with Crippen molar-refractivity contribution in [3.63, 3.8) is 0 Å². The molecule has 1 rings (SSSR count). The van der Waals surface area contributed by atoms with Crippen molar-refractivity contribution in [3.8, 4) is 0 Å². The van der Waals surface area contributed by atoms with Crippen molar-refractivity contribution in [1.29, 1.82) is 0 Å². The van der Waals surface area contributed by atoms with Gasteiger partial charge in [-0.25, -0.2) is 0 Å². The Morgan fingerprint density at radius 1 is 1.18 bits per heavy atom. The predicted molar refractivity (Wildman–Crippen MR) is 89.7 cm³/mol. The lowest BCUT2D eigenvalue weighted by atomic mass is 9.96. The maximum Gasteiger partial charge on any atom is 0.225 e. The van der Waals surface area contributed by atoms with Gasteiger partial charge in [-0.15, -0.1) is 0 Å². The number of hydrogen-bond donors (Lipinski definition) is 2. The van der Waals surface area contributed by atoms with E-state index >= 15 is 0 Å². The third-order valence-corrected chi connectivity index (χ3v) is 3.59. The van der Waals surface area contributed by atoms with Crippen LogP contribution in [0.3, 0.4) is 0 Å². The normalized spacial score (nSPS) is 12.6. The van der Waals surface area contributed by atoms with Gasteiger partial charge in [-0.05, 0) is 24.1 Å². The highest BCUT2D eigenvalue weighted by atomic mass is 35.5. The first-order valence-corrected chi connectivity index (χ1v) is 7.95. The molecule has 0 heterocycles. The Labute approximate surface area is 137 Å². The summed E-state index contributed by atoms with van der Waals surface area (Å²) in [4.78, 5) is 23.7. The van der Waals surface area contributed by atoms with E-state index in [0.29, 0.717) is 11.6 Å². The van der Waals surface area contributed by atoms with Crippen LogP contribution in [0.25, 0.3) is 0 Å². The van der Waals surface area contributed by atoms with Gasteiger partial charge in [-0.3, -0.25) is 9.59 Å². The number of amides is 2. The minimum atomic E-state index is -0.439. The van der Waals surface area contributed by atoms with E-state index in [1.54, 1.807) is 0 Å². The van der Waals surface area contributed by atoms with Gasteiger partial charge >= 0.3 is 0 Å². The number of hydrogen-bond acceptors (Lipinski definition) is 2. The van der Waals surface area contributed by atoms with E-state index in [1.165, 1.54) is 0 Å². The third-order valence-electron chi connectivity index (χ3n) is 3.33. The van der Waals surface area contributed by atoms with E-state index in [0.717, 1.165) is 12.0 Å². The van der Waals surface area contributed by atoms with Crippen LogP contribution in [0.2, 0.25) is 5.02 Å². The molecule has 0 saturated heterocycles. The first kappa shape index (κ1) is 18.5. The number of carbonyl (C=O) groups excluding carboxylic acids is 2. The molecule has 0 spiro atoms. The van der Waals surface area contributed by atoms with Crippen molar-refractivity contribution in [1.82, 2.24) is 10.6 Å². The second-order valence-electron chi connectivity index (χ2n) is 6.34. The number of rotatable bonds is 6. The van der Waals surface area contributed by atoms with E-state index in [9.17, 15) is 9.59 Å². The van der Waals surface area contributed by atoms with E-state index in [4.69, 9.17) is 11.6 Å². The van der Waals surface area contributed by atoms with Crippen LogP contribution in [0.4, 0.5) is 0 Å². The molecule has 0 saturated carbocycles. The largest absolute Gasteiger partial charge is 0.355 e. The number of nitrogens with one attached hydrogen (secondary N) is 2. The van der Waals surface area contributed by atoms with Gasteiger partial charge in [0.1, 0.15) is 0 Å². The second-order valence-corrected chi connectivity index (χ2v) is 6.77. The van der Waals surface area contributed by atoms with Gasteiger partial charge in [0.25, 0.3) is 0 Å². The van der Waals surface area contributed by atoms with Gasteiger partial charge in [-0.1, -0.05) is 51.4 Å². The molecule has 0 fully saturated rings. The Kier molecular flexibility index (Phi) is 6.88. The summed E-state index contributed by atoms with van der Waals surface area (Å²) in [6.07, 6.45) is 1.06. The van der Waals surface area contributed by atoms with Crippen molar-refractivity contribution in [2.45, 2.75) is 46.6 Å². The van der Waals surface area contributed by atoms with Crippen LogP contribution in [0, 0.1) is 5.41 Å². The van der Waals surface area contributed by atoms with Crippen LogP contribution < -0.4 is 10.6 Å². The van der Waals surface area contributed by atoms with Crippen molar-refractivity contribution in [2.24, 2.45) is 5.41 Å². The first-order valence-electron chi connectivity index (χ1n) is 7.57. The van der Waals surface area contributed by atoms with Gasteiger partial charge in [0.05, 0.1) is 6.04 Å². The molecule has 122 valence electrons. The summed E-state index contributed by atoms with van der Waals surface area (Å²) in [7, 11) is 0. The Balaban J connectivity index is 2.46. The van der Waals surface area contributed by atoms with Crippen LogP contribution in [0.1, 0.15) is 52.1 Å². The lowest BCUT2D eigenvalue weighted by Crippen LogP contribution is -2.37. The van der Waals surface area contributed by atoms with Crippen molar-refractivity contribution in [3.05, 3.63) is 34.9 Å². The SMILES string of the molecule is CCC(NC(=O)CCNC(=O)C(C)(C)C)c1ccc(Cl)cc1. The molecule has 2 amide bonds. The molecule has 4 nitrogen and oxygen atoms in total. The molecule has 0 radical (unpaired) electrons. The summed E-state index contributed by atoms with van der Waals surface area (Å²) in [6.45, 7) is 7.89. The molecule has 0 bridgehead atoms. The van der Waals surface area contributed by atoms with Crippen molar-refractivity contribution < 1.29 is 9.59 Å². The molecular weight excluding hydrogens is 300 g/mol. The summed E-state index contributed by atoms with van der Waals surface area (Å²) in [6, 6.07) is 7.42. The lowest BCUT2D eigenvalue weighted by molar-refractivity contribution is -0.128. The summed E-state index contributed by atoms with van der Waals surface area (Å²) < 4.78 is 0. The molecule has 22 heavy (non-hydrogen) atoms. The zero-order valence-electron chi connectivity index (χ0n) is 13.7. The second kappa shape index (κ2) is 8.18. The maximum absolute atomic E-state index is 12.0. The smallest absolute Gasteiger partial charge is 0.225 e. The standard InChI is InChI=1S/C17H25ClN2O2/c1-5-14(12-6-8-13(18)9-7-12)20-15(21)10-11-19-16(22)17(2,3)4/h6-9,14H,5,10-11H2,1-4H3,(H,19,22)(H,20,21). The molecule has 1 aromatic carbocycles. The van der Waals surface area contributed by atoms with E-state index in [1.807, 2.05) is 52.0 Å². The average Bonchev–Trinajstić information content (AvgIpc) is 2.44. The topological polar surface area (TPSA) is 58.2 Å². The Hall–Kier alpha value is -1.55. The Bertz CT molecular complexity index is 506. The molecule has 0 aliphatic rings. The summed E-state index contributed by atoms with van der Waals surface area (Å²) in [5.74, 6) is -0.124. The highest BCUT2D eigenvalue weighted by Crippen LogP contribution is 2.19. The number of carbonyl (C=O) groups is 2. The van der Waals surface area contributed by atoms with Crippen LogP contribution >= 0.6 is 11.6 Å². The fourth-order valence-corrected chi connectivity index (χ4v) is 2.06. The summed E-state index contributed by atoms with van der Waals surface area (Å²) in [5, 5.41) is 6.43. The van der Waals surface area contributed by atoms with Crippen LogP contribution in [-0.4, -0.2) is 18.4 Å². The molecule has 1 unspecified atom stereocenters. The van der Waals surface area contributed by atoms with Gasteiger partial charge in [-0.2, -0.15) is 0 Å².